The first-order chi connectivity index (χ1) is 18.9. The fourth-order valence-corrected chi connectivity index (χ4v) is 6.11. The predicted octanol–water partition coefficient (Wildman–Crippen LogP) is 10.5. The first-order valence-electron chi connectivity index (χ1n) is 13.6. The Hall–Kier alpha value is -4.69. The molecule has 0 atom stereocenters. The van der Waals surface area contributed by atoms with Crippen LogP contribution in [0, 0.1) is 0 Å². The molecule has 7 aromatic carbocycles. The monoisotopic (exact) mass is 501 g/mol. The third kappa shape index (κ3) is 3.38. The van der Waals surface area contributed by atoms with Crippen molar-refractivity contribution < 1.29 is 4.42 Å². The third-order valence-corrected chi connectivity index (χ3v) is 8.21. The summed E-state index contributed by atoms with van der Waals surface area (Å²) in [7, 11) is 0. The highest BCUT2D eigenvalue weighted by molar-refractivity contribution is 6.27. The lowest BCUT2D eigenvalue weighted by Gasteiger charge is -2.18. The van der Waals surface area contributed by atoms with E-state index in [1.807, 2.05) is 0 Å². The van der Waals surface area contributed by atoms with Gasteiger partial charge < -0.3 is 4.42 Å². The van der Waals surface area contributed by atoms with Crippen molar-refractivity contribution in [2.24, 2.45) is 0 Å². The minimum Gasteiger partial charge on any atom is -0.436 e. The Balaban J connectivity index is 1.37. The standard InChI is InChI=1S/C37H27NO/c1-37(2,3)27-14-19-33-32(21-27)38-36(39-33)31-18-13-24-11-16-29-28(15-10-23-12-17-30(31)35(24)34(23)29)26-9-8-22-6-4-5-7-25(22)20-26/h4-21H,1-3H3. The average molecular weight is 502 g/mol. The third-order valence-electron chi connectivity index (χ3n) is 8.21. The zero-order valence-electron chi connectivity index (χ0n) is 22.2. The molecule has 0 bridgehead atoms. The Kier molecular flexibility index (Phi) is 4.52. The molecule has 0 saturated heterocycles. The molecule has 0 saturated carbocycles. The number of benzene rings is 7. The van der Waals surface area contributed by atoms with Crippen LogP contribution in [0.5, 0.6) is 0 Å². The van der Waals surface area contributed by atoms with Crippen molar-refractivity contribution in [1.29, 1.82) is 0 Å². The number of hydrogen-bond donors (Lipinski definition) is 0. The minimum atomic E-state index is 0.0586. The van der Waals surface area contributed by atoms with Crippen LogP contribution >= 0.6 is 0 Å². The molecular formula is C37H27NO. The van der Waals surface area contributed by atoms with Gasteiger partial charge in [0.15, 0.2) is 5.58 Å². The fraction of sp³-hybridized carbons (Fsp3) is 0.108. The van der Waals surface area contributed by atoms with Gasteiger partial charge in [0.25, 0.3) is 0 Å². The van der Waals surface area contributed by atoms with Crippen LogP contribution in [0.1, 0.15) is 26.3 Å². The summed E-state index contributed by atoms with van der Waals surface area (Å²) >= 11 is 0. The van der Waals surface area contributed by atoms with E-state index in [9.17, 15) is 0 Å². The fourth-order valence-electron chi connectivity index (χ4n) is 6.11. The SMILES string of the molecule is CC(C)(C)c1ccc2oc(-c3ccc4ccc5c(-c6ccc7ccccc7c6)ccc6ccc3c4c65)nc2c1. The van der Waals surface area contributed by atoms with Gasteiger partial charge in [-0.05, 0) is 89.5 Å². The molecule has 0 aliphatic carbocycles. The van der Waals surface area contributed by atoms with Crippen LogP contribution in [-0.4, -0.2) is 4.98 Å². The number of hydrogen-bond acceptors (Lipinski definition) is 2. The van der Waals surface area contributed by atoms with Gasteiger partial charge >= 0.3 is 0 Å². The van der Waals surface area contributed by atoms with Gasteiger partial charge in [-0.25, -0.2) is 4.98 Å². The lowest BCUT2D eigenvalue weighted by Crippen LogP contribution is -2.10. The number of aromatic nitrogens is 1. The summed E-state index contributed by atoms with van der Waals surface area (Å²) < 4.78 is 6.33. The second-order valence-corrected chi connectivity index (χ2v) is 11.7. The molecule has 2 nitrogen and oxygen atoms in total. The van der Waals surface area contributed by atoms with E-state index in [-0.39, 0.29) is 5.41 Å². The molecule has 1 heterocycles. The summed E-state index contributed by atoms with van der Waals surface area (Å²) in [5.74, 6) is 0.670. The minimum absolute atomic E-state index is 0.0586. The first-order valence-corrected chi connectivity index (χ1v) is 13.6. The van der Waals surface area contributed by atoms with Crippen molar-refractivity contribution in [3.05, 3.63) is 115 Å². The zero-order valence-corrected chi connectivity index (χ0v) is 22.2. The average Bonchev–Trinajstić information content (AvgIpc) is 3.38. The summed E-state index contributed by atoms with van der Waals surface area (Å²) in [5, 5.41) is 10.00. The van der Waals surface area contributed by atoms with E-state index in [0.717, 1.165) is 16.7 Å². The molecule has 186 valence electrons. The van der Waals surface area contributed by atoms with Crippen molar-refractivity contribution in [3.8, 4) is 22.6 Å². The smallest absolute Gasteiger partial charge is 0.227 e. The Bertz CT molecular complexity index is 2210. The van der Waals surface area contributed by atoms with Crippen LogP contribution in [0.15, 0.2) is 114 Å². The Morgan fingerprint density at radius 3 is 1.95 bits per heavy atom. The maximum atomic E-state index is 6.33. The second kappa shape index (κ2) is 7.91. The first kappa shape index (κ1) is 22.3. The predicted molar refractivity (Wildman–Crippen MR) is 165 cm³/mol. The van der Waals surface area contributed by atoms with Crippen LogP contribution in [0.4, 0.5) is 0 Å². The van der Waals surface area contributed by atoms with Gasteiger partial charge in [-0.3, -0.25) is 0 Å². The molecule has 0 N–H and O–H groups in total. The topological polar surface area (TPSA) is 26.0 Å². The number of fused-ring (bicyclic) bond motifs is 2. The largest absolute Gasteiger partial charge is 0.436 e. The molecule has 0 unspecified atom stereocenters. The normalized spacial score (nSPS) is 12.5. The molecule has 8 aromatic rings. The summed E-state index contributed by atoms with van der Waals surface area (Å²) in [6.07, 6.45) is 0. The maximum absolute atomic E-state index is 6.33. The molecule has 8 rings (SSSR count). The van der Waals surface area contributed by atoms with E-state index in [1.165, 1.54) is 59.8 Å². The highest BCUT2D eigenvalue weighted by atomic mass is 16.3. The second-order valence-electron chi connectivity index (χ2n) is 11.7. The molecular weight excluding hydrogens is 474 g/mol. The lowest BCUT2D eigenvalue weighted by atomic mass is 9.87. The van der Waals surface area contributed by atoms with Crippen LogP contribution in [-0.2, 0) is 5.41 Å². The van der Waals surface area contributed by atoms with Crippen molar-refractivity contribution in [2.75, 3.05) is 0 Å². The molecule has 1 aromatic heterocycles. The van der Waals surface area contributed by atoms with Gasteiger partial charge in [0.05, 0.1) is 0 Å². The van der Waals surface area contributed by atoms with E-state index in [4.69, 9.17) is 9.40 Å². The van der Waals surface area contributed by atoms with Gasteiger partial charge in [0.2, 0.25) is 5.89 Å². The van der Waals surface area contributed by atoms with E-state index < -0.39 is 0 Å². The molecule has 0 amide bonds. The van der Waals surface area contributed by atoms with E-state index in [1.54, 1.807) is 0 Å². The number of rotatable bonds is 2. The van der Waals surface area contributed by atoms with Gasteiger partial charge in [-0.15, -0.1) is 0 Å². The summed E-state index contributed by atoms with van der Waals surface area (Å²) in [4.78, 5) is 4.97. The van der Waals surface area contributed by atoms with Gasteiger partial charge in [0, 0.05) is 5.56 Å². The highest BCUT2D eigenvalue weighted by Crippen LogP contribution is 2.43. The lowest BCUT2D eigenvalue weighted by molar-refractivity contribution is 0.590. The van der Waals surface area contributed by atoms with Crippen molar-refractivity contribution >= 4 is 54.2 Å². The molecule has 0 spiro atoms. The Morgan fingerprint density at radius 1 is 0.564 bits per heavy atom. The molecule has 39 heavy (non-hydrogen) atoms. The number of oxazole rings is 1. The van der Waals surface area contributed by atoms with Gasteiger partial charge in [-0.1, -0.05) is 106 Å². The molecule has 2 heteroatoms. The van der Waals surface area contributed by atoms with Crippen LogP contribution < -0.4 is 0 Å². The van der Waals surface area contributed by atoms with Crippen LogP contribution in [0.25, 0.3) is 76.8 Å². The quantitative estimate of drug-likeness (QED) is 0.220. The maximum Gasteiger partial charge on any atom is 0.227 e. The van der Waals surface area contributed by atoms with Crippen molar-refractivity contribution in [3.63, 3.8) is 0 Å². The van der Waals surface area contributed by atoms with Gasteiger partial charge in [-0.2, -0.15) is 0 Å². The van der Waals surface area contributed by atoms with Crippen molar-refractivity contribution in [2.45, 2.75) is 26.2 Å². The summed E-state index contributed by atoms with van der Waals surface area (Å²) in [6, 6.07) is 39.5. The van der Waals surface area contributed by atoms with E-state index in [2.05, 4.69) is 130 Å². The molecule has 0 radical (unpaired) electrons. The summed E-state index contributed by atoms with van der Waals surface area (Å²) in [5.41, 5.74) is 6.56. The van der Waals surface area contributed by atoms with Crippen LogP contribution in [0.2, 0.25) is 0 Å². The molecule has 0 aliphatic heterocycles. The zero-order chi connectivity index (χ0) is 26.3. The molecule has 0 fully saturated rings. The Morgan fingerprint density at radius 2 is 1.21 bits per heavy atom. The molecule has 0 aliphatic rings. The highest BCUT2D eigenvalue weighted by Gasteiger charge is 2.19. The Labute approximate surface area is 226 Å². The van der Waals surface area contributed by atoms with E-state index in [0.29, 0.717) is 5.89 Å². The number of nitrogens with zero attached hydrogens (tertiary/aromatic N) is 1. The summed E-state index contributed by atoms with van der Waals surface area (Å²) in [6.45, 7) is 6.67. The van der Waals surface area contributed by atoms with Crippen molar-refractivity contribution in [1.82, 2.24) is 4.98 Å². The van der Waals surface area contributed by atoms with Crippen LogP contribution in [0.3, 0.4) is 0 Å². The van der Waals surface area contributed by atoms with Gasteiger partial charge in [0.1, 0.15) is 5.52 Å². The van der Waals surface area contributed by atoms with E-state index >= 15 is 0 Å².